The van der Waals surface area contributed by atoms with Crippen LogP contribution in [0.15, 0.2) is 53.4 Å². The van der Waals surface area contributed by atoms with Gasteiger partial charge in [0.05, 0.1) is 10.6 Å². The highest BCUT2D eigenvalue weighted by atomic mass is 32.2. The first-order chi connectivity index (χ1) is 15.2. The van der Waals surface area contributed by atoms with Gasteiger partial charge in [0.1, 0.15) is 11.4 Å². The summed E-state index contributed by atoms with van der Waals surface area (Å²) in [7, 11) is -3.55. The number of carbonyl (C=O) groups excluding carboxylic acids is 1. The molecule has 1 amide bonds. The maximum absolute atomic E-state index is 12.9. The maximum atomic E-state index is 12.9. The molecule has 0 radical (unpaired) electrons. The molecule has 1 atom stereocenters. The molecule has 1 fully saturated rings. The fourth-order valence-electron chi connectivity index (χ4n) is 3.85. The standard InChI is InChI=1S/C23H26N4O4S/c1-15-5-10-22(28)19(12-15)20-13-21(26-25-20)23(29)24-17-6-8-18(9-7-17)32(30,31)27-11-3-4-16(2)14-27/h5-10,12-13,16,28H,3-4,11,14H2,1-2H3,(H,24,29)(H,25,26)/t16-/m0/s1. The molecule has 2 heterocycles. The number of anilines is 1. The number of carbonyl (C=O) groups is 1. The van der Waals surface area contributed by atoms with Crippen molar-refractivity contribution >= 4 is 21.6 Å². The molecule has 0 saturated carbocycles. The third kappa shape index (κ3) is 4.53. The monoisotopic (exact) mass is 454 g/mol. The van der Waals surface area contributed by atoms with E-state index in [2.05, 4.69) is 22.4 Å². The number of rotatable bonds is 5. The van der Waals surface area contributed by atoms with Crippen LogP contribution in [0.3, 0.4) is 0 Å². The molecule has 3 N–H and O–H groups in total. The molecule has 9 heteroatoms. The van der Waals surface area contributed by atoms with Crippen molar-refractivity contribution in [2.45, 2.75) is 31.6 Å². The summed E-state index contributed by atoms with van der Waals surface area (Å²) in [4.78, 5) is 12.8. The molecular weight excluding hydrogens is 428 g/mol. The zero-order chi connectivity index (χ0) is 22.9. The quantitative estimate of drug-likeness (QED) is 0.543. The fraction of sp³-hybridized carbons (Fsp3) is 0.304. The molecule has 32 heavy (non-hydrogen) atoms. The minimum atomic E-state index is -3.55. The van der Waals surface area contributed by atoms with Crippen molar-refractivity contribution in [2.24, 2.45) is 5.92 Å². The second-order valence-corrected chi connectivity index (χ2v) is 10.2. The highest BCUT2D eigenvalue weighted by Crippen LogP contribution is 2.29. The van der Waals surface area contributed by atoms with Gasteiger partial charge in [0, 0.05) is 24.3 Å². The SMILES string of the molecule is Cc1ccc(O)c(-c2cc(C(=O)Nc3ccc(S(=O)(=O)N4CCC[C@H](C)C4)cc3)[nH]n2)c1. The number of benzene rings is 2. The minimum Gasteiger partial charge on any atom is -0.507 e. The van der Waals surface area contributed by atoms with E-state index in [1.807, 2.05) is 6.92 Å². The van der Waals surface area contributed by atoms with Gasteiger partial charge in [0.15, 0.2) is 0 Å². The van der Waals surface area contributed by atoms with Crippen LogP contribution in [-0.2, 0) is 10.0 Å². The summed E-state index contributed by atoms with van der Waals surface area (Å²) in [6.07, 6.45) is 1.90. The Kier molecular flexibility index (Phi) is 6.03. The number of hydrogen-bond acceptors (Lipinski definition) is 5. The molecule has 1 aliphatic heterocycles. The van der Waals surface area contributed by atoms with Gasteiger partial charge in [-0.2, -0.15) is 9.40 Å². The second kappa shape index (κ2) is 8.76. The number of piperidine rings is 1. The van der Waals surface area contributed by atoms with Crippen molar-refractivity contribution in [3.63, 3.8) is 0 Å². The first-order valence-electron chi connectivity index (χ1n) is 10.5. The summed E-state index contributed by atoms with van der Waals surface area (Å²) < 4.78 is 27.3. The van der Waals surface area contributed by atoms with Gasteiger partial charge in [-0.15, -0.1) is 0 Å². The number of H-pyrrole nitrogens is 1. The van der Waals surface area contributed by atoms with Crippen molar-refractivity contribution in [2.75, 3.05) is 18.4 Å². The van der Waals surface area contributed by atoms with Crippen LogP contribution in [0.4, 0.5) is 5.69 Å². The summed E-state index contributed by atoms with van der Waals surface area (Å²) >= 11 is 0. The molecule has 2 aromatic carbocycles. The highest BCUT2D eigenvalue weighted by Gasteiger charge is 2.28. The van der Waals surface area contributed by atoms with E-state index in [0.29, 0.717) is 36.0 Å². The average Bonchev–Trinajstić information content (AvgIpc) is 3.26. The van der Waals surface area contributed by atoms with E-state index >= 15 is 0 Å². The number of aryl methyl sites for hydroxylation is 1. The van der Waals surface area contributed by atoms with Crippen LogP contribution in [0, 0.1) is 12.8 Å². The molecule has 0 unspecified atom stereocenters. The van der Waals surface area contributed by atoms with Crippen LogP contribution in [0.1, 0.15) is 35.8 Å². The topological polar surface area (TPSA) is 115 Å². The number of aromatic amines is 1. The van der Waals surface area contributed by atoms with Crippen molar-refractivity contribution in [1.82, 2.24) is 14.5 Å². The molecule has 4 rings (SSSR count). The Labute approximate surface area is 187 Å². The van der Waals surface area contributed by atoms with Crippen LogP contribution in [0.5, 0.6) is 5.75 Å². The van der Waals surface area contributed by atoms with Crippen LogP contribution < -0.4 is 5.32 Å². The molecule has 0 bridgehead atoms. The lowest BCUT2D eigenvalue weighted by Crippen LogP contribution is -2.39. The highest BCUT2D eigenvalue weighted by molar-refractivity contribution is 7.89. The Bertz CT molecular complexity index is 1240. The number of nitrogens with one attached hydrogen (secondary N) is 2. The van der Waals surface area contributed by atoms with Gasteiger partial charge in [0.25, 0.3) is 5.91 Å². The van der Waals surface area contributed by atoms with Crippen molar-refractivity contribution in [1.29, 1.82) is 0 Å². The number of phenols is 1. The number of aromatic hydroxyl groups is 1. The molecule has 0 spiro atoms. The van der Waals surface area contributed by atoms with Gasteiger partial charge >= 0.3 is 0 Å². The molecule has 8 nitrogen and oxygen atoms in total. The van der Waals surface area contributed by atoms with Crippen molar-refractivity contribution in [3.8, 4) is 17.0 Å². The zero-order valence-electron chi connectivity index (χ0n) is 18.0. The average molecular weight is 455 g/mol. The molecule has 1 aromatic heterocycles. The first kappa shape index (κ1) is 22.0. The lowest BCUT2D eigenvalue weighted by Gasteiger charge is -2.30. The van der Waals surface area contributed by atoms with E-state index in [1.54, 1.807) is 36.4 Å². The molecular formula is C23H26N4O4S. The Balaban J connectivity index is 1.47. The number of nitrogens with zero attached hydrogens (tertiary/aromatic N) is 2. The van der Waals surface area contributed by atoms with Crippen molar-refractivity contribution < 1.29 is 18.3 Å². The van der Waals surface area contributed by atoms with E-state index in [9.17, 15) is 18.3 Å². The maximum Gasteiger partial charge on any atom is 0.273 e. The van der Waals surface area contributed by atoms with Crippen LogP contribution in [0.25, 0.3) is 11.3 Å². The summed E-state index contributed by atoms with van der Waals surface area (Å²) in [5, 5.41) is 19.6. The normalized spacial score (nSPS) is 17.2. The summed E-state index contributed by atoms with van der Waals surface area (Å²) in [5.74, 6) is 0.00315. The number of hydrogen-bond donors (Lipinski definition) is 3. The van der Waals surface area contributed by atoms with Gasteiger partial charge in [-0.25, -0.2) is 8.42 Å². The molecule has 168 valence electrons. The van der Waals surface area contributed by atoms with Crippen LogP contribution in [0.2, 0.25) is 0 Å². The number of amides is 1. The third-order valence-corrected chi connectivity index (χ3v) is 7.50. The van der Waals surface area contributed by atoms with Gasteiger partial charge in [-0.05, 0) is 68.1 Å². The van der Waals surface area contributed by atoms with Gasteiger partial charge in [-0.1, -0.05) is 18.6 Å². The predicted molar refractivity (Wildman–Crippen MR) is 122 cm³/mol. The minimum absolute atomic E-state index is 0.0777. The van der Waals surface area contributed by atoms with Gasteiger partial charge in [-0.3, -0.25) is 9.89 Å². The molecule has 1 saturated heterocycles. The Morgan fingerprint density at radius 1 is 1.19 bits per heavy atom. The van der Waals surface area contributed by atoms with E-state index in [1.165, 1.54) is 16.4 Å². The van der Waals surface area contributed by atoms with E-state index in [0.717, 1.165) is 18.4 Å². The number of aromatic nitrogens is 2. The Hall–Kier alpha value is -3.17. The number of sulfonamides is 1. The summed E-state index contributed by atoms with van der Waals surface area (Å²) in [6, 6.07) is 12.9. The number of phenolic OH excluding ortho intramolecular Hbond substituents is 1. The van der Waals surface area contributed by atoms with E-state index in [-0.39, 0.29) is 16.3 Å². The largest absolute Gasteiger partial charge is 0.507 e. The molecule has 1 aliphatic rings. The van der Waals surface area contributed by atoms with Crippen molar-refractivity contribution in [3.05, 3.63) is 59.8 Å². The van der Waals surface area contributed by atoms with Gasteiger partial charge in [0.2, 0.25) is 10.0 Å². The summed E-state index contributed by atoms with van der Waals surface area (Å²) in [5.41, 5.74) is 2.63. The lowest BCUT2D eigenvalue weighted by atomic mass is 10.0. The van der Waals surface area contributed by atoms with Crippen LogP contribution in [-0.4, -0.2) is 47.0 Å². The first-order valence-corrected chi connectivity index (χ1v) is 11.9. The smallest absolute Gasteiger partial charge is 0.273 e. The predicted octanol–water partition coefficient (Wildman–Crippen LogP) is 3.76. The third-order valence-electron chi connectivity index (χ3n) is 5.62. The van der Waals surface area contributed by atoms with Gasteiger partial charge < -0.3 is 10.4 Å². The van der Waals surface area contributed by atoms with E-state index < -0.39 is 15.9 Å². The van der Waals surface area contributed by atoms with E-state index in [4.69, 9.17) is 0 Å². The molecule has 0 aliphatic carbocycles. The Morgan fingerprint density at radius 2 is 1.94 bits per heavy atom. The second-order valence-electron chi connectivity index (χ2n) is 8.28. The fourth-order valence-corrected chi connectivity index (χ4v) is 5.45. The molecule has 3 aromatic rings. The zero-order valence-corrected chi connectivity index (χ0v) is 18.8. The summed E-state index contributed by atoms with van der Waals surface area (Å²) in [6.45, 7) is 5.02. The Morgan fingerprint density at radius 3 is 2.66 bits per heavy atom. The van der Waals surface area contributed by atoms with Crippen LogP contribution >= 0.6 is 0 Å². The lowest BCUT2D eigenvalue weighted by molar-refractivity contribution is 0.102.